The quantitative estimate of drug-likeness (QED) is 0.774. The highest BCUT2D eigenvalue weighted by Crippen LogP contribution is 2.22. The van der Waals surface area contributed by atoms with Crippen molar-refractivity contribution in [2.45, 2.75) is 17.7 Å². The maximum atomic E-state index is 12.5. The van der Waals surface area contributed by atoms with Gasteiger partial charge in [0.15, 0.2) is 0 Å². The first-order valence-corrected chi connectivity index (χ1v) is 10.2. The summed E-state index contributed by atoms with van der Waals surface area (Å²) in [5.74, 6) is 0.417. The van der Waals surface area contributed by atoms with Crippen LogP contribution in [-0.2, 0) is 14.8 Å². The lowest BCUT2D eigenvalue weighted by molar-refractivity contribution is -0.111. The predicted octanol–water partition coefficient (Wildman–Crippen LogP) is 3.13. The van der Waals surface area contributed by atoms with Gasteiger partial charge in [0, 0.05) is 24.9 Å². The zero-order valence-corrected chi connectivity index (χ0v) is 15.9. The Labute approximate surface area is 159 Å². The second kappa shape index (κ2) is 8.37. The summed E-state index contributed by atoms with van der Waals surface area (Å²) >= 11 is 0. The van der Waals surface area contributed by atoms with Gasteiger partial charge in [0.05, 0.1) is 12.0 Å². The molecule has 0 aromatic heterocycles. The van der Waals surface area contributed by atoms with Gasteiger partial charge in [-0.1, -0.05) is 12.1 Å². The first-order chi connectivity index (χ1) is 13.0. The predicted molar refractivity (Wildman–Crippen MR) is 105 cm³/mol. The van der Waals surface area contributed by atoms with Crippen molar-refractivity contribution in [3.05, 3.63) is 60.2 Å². The summed E-state index contributed by atoms with van der Waals surface area (Å²) in [6, 6.07) is 13.6. The monoisotopic (exact) mass is 386 g/mol. The van der Waals surface area contributed by atoms with E-state index in [9.17, 15) is 13.2 Å². The molecule has 0 radical (unpaired) electrons. The van der Waals surface area contributed by atoms with Crippen LogP contribution >= 0.6 is 0 Å². The maximum absolute atomic E-state index is 12.5. The van der Waals surface area contributed by atoms with Gasteiger partial charge in [-0.25, -0.2) is 8.42 Å². The number of hydrogen-bond donors (Lipinski definition) is 1. The van der Waals surface area contributed by atoms with Crippen molar-refractivity contribution in [3.8, 4) is 5.75 Å². The van der Waals surface area contributed by atoms with Crippen molar-refractivity contribution in [2.75, 3.05) is 25.5 Å². The van der Waals surface area contributed by atoms with Gasteiger partial charge < -0.3 is 10.1 Å². The summed E-state index contributed by atoms with van der Waals surface area (Å²) in [5, 5.41) is 2.72. The van der Waals surface area contributed by atoms with Crippen molar-refractivity contribution >= 4 is 27.7 Å². The van der Waals surface area contributed by atoms with E-state index >= 15 is 0 Å². The van der Waals surface area contributed by atoms with Crippen LogP contribution in [0, 0.1) is 0 Å². The third kappa shape index (κ3) is 4.75. The van der Waals surface area contributed by atoms with Gasteiger partial charge in [-0.2, -0.15) is 4.31 Å². The van der Waals surface area contributed by atoms with E-state index in [1.54, 1.807) is 25.3 Å². The highest BCUT2D eigenvalue weighted by molar-refractivity contribution is 7.89. The van der Waals surface area contributed by atoms with Crippen LogP contribution in [0.4, 0.5) is 5.69 Å². The number of hydrogen-bond acceptors (Lipinski definition) is 4. The van der Waals surface area contributed by atoms with E-state index < -0.39 is 10.0 Å². The molecule has 142 valence electrons. The van der Waals surface area contributed by atoms with E-state index in [0.29, 0.717) is 24.5 Å². The standard InChI is InChI=1S/C20H22N2O4S/c1-26-18-6-4-5-16(15-18)7-12-20(23)21-17-8-10-19(11-9-17)27(24,25)22-13-2-3-14-22/h4-12,15H,2-3,13-14H2,1H3,(H,21,23). The van der Waals surface area contributed by atoms with Crippen LogP contribution in [0.2, 0.25) is 0 Å². The Morgan fingerprint density at radius 1 is 1.11 bits per heavy atom. The number of carbonyl (C=O) groups excluding carboxylic acids is 1. The van der Waals surface area contributed by atoms with Gasteiger partial charge in [-0.05, 0) is 60.9 Å². The van der Waals surface area contributed by atoms with Gasteiger partial charge in [0.2, 0.25) is 15.9 Å². The minimum Gasteiger partial charge on any atom is -0.497 e. The summed E-state index contributed by atoms with van der Waals surface area (Å²) in [6.45, 7) is 1.13. The van der Waals surface area contributed by atoms with Crippen LogP contribution in [0.1, 0.15) is 18.4 Å². The zero-order chi connectivity index (χ0) is 19.3. The Balaban J connectivity index is 1.63. The van der Waals surface area contributed by atoms with E-state index in [0.717, 1.165) is 18.4 Å². The molecule has 2 aromatic carbocycles. The third-order valence-corrected chi connectivity index (χ3v) is 6.26. The lowest BCUT2D eigenvalue weighted by Gasteiger charge is -2.15. The molecule has 1 aliphatic heterocycles. The zero-order valence-electron chi connectivity index (χ0n) is 15.1. The Hall–Kier alpha value is -2.64. The molecule has 0 bridgehead atoms. The number of sulfonamides is 1. The van der Waals surface area contributed by atoms with Crippen LogP contribution in [0.5, 0.6) is 5.75 Å². The second-order valence-corrected chi connectivity index (χ2v) is 8.17. The molecule has 6 nitrogen and oxygen atoms in total. The van der Waals surface area contributed by atoms with E-state index in [2.05, 4.69) is 5.32 Å². The number of rotatable bonds is 6. The second-order valence-electron chi connectivity index (χ2n) is 6.23. The summed E-state index contributed by atoms with van der Waals surface area (Å²) in [4.78, 5) is 12.3. The molecule has 1 fully saturated rings. The summed E-state index contributed by atoms with van der Waals surface area (Å²) in [6.07, 6.45) is 4.90. The Morgan fingerprint density at radius 3 is 2.48 bits per heavy atom. The fraction of sp³-hybridized carbons (Fsp3) is 0.250. The fourth-order valence-corrected chi connectivity index (χ4v) is 4.41. The van der Waals surface area contributed by atoms with Gasteiger partial charge in [0.25, 0.3) is 0 Å². The van der Waals surface area contributed by atoms with Crippen molar-refractivity contribution in [1.82, 2.24) is 4.31 Å². The van der Waals surface area contributed by atoms with Crippen LogP contribution in [0.3, 0.4) is 0 Å². The van der Waals surface area contributed by atoms with E-state index in [1.807, 2.05) is 24.3 Å². The van der Waals surface area contributed by atoms with Gasteiger partial charge in [-0.3, -0.25) is 4.79 Å². The number of nitrogens with one attached hydrogen (secondary N) is 1. The normalized spacial score (nSPS) is 15.1. The average molecular weight is 386 g/mol. The average Bonchev–Trinajstić information content (AvgIpc) is 3.23. The van der Waals surface area contributed by atoms with E-state index in [4.69, 9.17) is 4.74 Å². The molecule has 0 saturated carbocycles. The van der Waals surface area contributed by atoms with Crippen LogP contribution in [-0.4, -0.2) is 38.8 Å². The van der Waals surface area contributed by atoms with E-state index in [1.165, 1.54) is 22.5 Å². The molecule has 7 heteroatoms. The number of ether oxygens (including phenoxy) is 1. The molecular weight excluding hydrogens is 364 g/mol. The first kappa shape index (κ1) is 19.1. The maximum Gasteiger partial charge on any atom is 0.248 e. The smallest absolute Gasteiger partial charge is 0.248 e. The fourth-order valence-electron chi connectivity index (χ4n) is 2.89. The lowest BCUT2D eigenvalue weighted by Crippen LogP contribution is -2.27. The highest BCUT2D eigenvalue weighted by Gasteiger charge is 2.26. The molecule has 1 N–H and O–H groups in total. The van der Waals surface area contributed by atoms with Gasteiger partial charge in [-0.15, -0.1) is 0 Å². The van der Waals surface area contributed by atoms with Crippen molar-refractivity contribution in [2.24, 2.45) is 0 Å². The van der Waals surface area contributed by atoms with Crippen molar-refractivity contribution in [1.29, 1.82) is 0 Å². The number of nitrogens with zero attached hydrogens (tertiary/aromatic N) is 1. The largest absolute Gasteiger partial charge is 0.497 e. The topological polar surface area (TPSA) is 75.7 Å². The van der Waals surface area contributed by atoms with Crippen LogP contribution < -0.4 is 10.1 Å². The summed E-state index contributed by atoms with van der Waals surface area (Å²) < 4.78 is 31.6. The number of anilines is 1. The SMILES string of the molecule is COc1cccc(C=CC(=O)Nc2ccc(S(=O)(=O)N3CCCC3)cc2)c1. The Bertz CT molecular complexity index is 931. The van der Waals surface area contributed by atoms with Crippen molar-refractivity contribution < 1.29 is 17.9 Å². The molecule has 1 aliphatic rings. The lowest BCUT2D eigenvalue weighted by atomic mass is 10.2. The summed E-state index contributed by atoms with van der Waals surface area (Å²) in [7, 11) is -1.86. The molecule has 3 rings (SSSR count). The molecule has 0 spiro atoms. The molecule has 1 amide bonds. The third-order valence-electron chi connectivity index (χ3n) is 4.35. The molecule has 0 atom stereocenters. The molecular formula is C20H22N2O4S. The molecule has 1 heterocycles. The van der Waals surface area contributed by atoms with Gasteiger partial charge in [0.1, 0.15) is 5.75 Å². The Kier molecular flexibility index (Phi) is 5.93. The Morgan fingerprint density at radius 2 is 1.81 bits per heavy atom. The minimum atomic E-state index is -3.44. The molecule has 0 unspecified atom stereocenters. The molecule has 27 heavy (non-hydrogen) atoms. The molecule has 1 saturated heterocycles. The number of amides is 1. The van der Waals surface area contributed by atoms with Crippen LogP contribution in [0.15, 0.2) is 59.5 Å². The van der Waals surface area contributed by atoms with E-state index in [-0.39, 0.29) is 10.8 Å². The number of methoxy groups -OCH3 is 1. The minimum absolute atomic E-state index is 0.245. The molecule has 2 aromatic rings. The number of benzene rings is 2. The van der Waals surface area contributed by atoms with Gasteiger partial charge >= 0.3 is 0 Å². The highest BCUT2D eigenvalue weighted by atomic mass is 32.2. The number of carbonyl (C=O) groups is 1. The van der Waals surface area contributed by atoms with Crippen molar-refractivity contribution in [3.63, 3.8) is 0 Å². The first-order valence-electron chi connectivity index (χ1n) is 8.72. The van der Waals surface area contributed by atoms with Crippen LogP contribution in [0.25, 0.3) is 6.08 Å². The molecule has 0 aliphatic carbocycles. The summed E-state index contributed by atoms with van der Waals surface area (Å²) in [5.41, 5.74) is 1.38.